The summed E-state index contributed by atoms with van der Waals surface area (Å²) in [5.74, 6) is 0.115. The smallest absolute Gasteiger partial charge is 0.222 e. The summed E-state index contributed by atoms with van der Waals surface area (Å²) in [5.41, 5.74) is 3.87. The Balaban J connectivity index is 2.27. The van der Waals surface area contributed by atoms with Crippen LogP contribution in [0.15, 0.2) is 36.7 Å². The second-order valence-corrected chi connectivity index (χ2v) is 5.59. The number of Topliss-reactive ketones (excluding diaryl/α,β-unsaturated/α-hetero) is 1. The molecular weight excluding hydrogens is 298 g/mol. The summed E-state index contributed by atoms with van der Waals surface area (Å²) >= 11 is 5.98. The fourth-order valence-electron chi connectivity index (χ4n) is 2.68. The molecule has 0 saturated heterocycles. The lowest BCUT2D eigenvalue weighted by Crippen LogP contribution is -2.04. The van der Waals surface area contributed by atoms with Crippen LogP contribution in [0.4, 0.5) is 0 Å². The quantitative estimate of drug-likeness (QED) is 0.686. The van der Waals surface area contributed by atoms with Crippen LogP contribution in [-0.4, -0.2) is 20.3 Å². The monoisotopic (exact) mass is 313 g/mol. The number of aromatic nitrogens is 3. The number of hydrogen-bond acceptors (Lipinski definition) is 3. The van der Waals surface area contributed by atoms with Crippen LogP contribution < -0.4 is 0 Å². The Morgan fingerprint density at radius 1 is 1.32 bits per heavy atom. The highest BCUT2D eigenvalue weighted by Gasteiger charge is 2.15. The molecule has 0 aliphatic carbocycles. The van der Waals surface area contributed by atoms with Gasteiger partial charge in [-0.2, -0.15) is 0 Å². The summed E-state index contributed by atoms with van der Waals surface area (Å²) in [4.78, 5) is 20.0. The second-order valence-electron chi connectivity index (χ2n) is 5.26. The van der Waals surface area contributed by atoms with E-state index >= 15 is 0 Å². The van der Waals surface area contributed by atoms with Gasteiger partial charge in [0.2, 0.25) is 5.28 Å². The van der Waals surface area contributed by atoms with Crippen LogP contribution in [-0.2, 0) is 17.8 Å². The van der Waals surface area contributed by atoms with E-state index in [-0.39, 0.29) is 11.1 Å². The van der Waals surface area contributed by atoms with E-state index in [2.05, 4.69) is 16.9 Å². The van der Waals surface area contributed by atoms with E-state index in [0.717, 1.165) is 34.1 Å². The Bertz CT molecular complexity index is 854. The Kier molecular flexibility index (Phi) is 3.94. The van der Waals surface area contributed by atoms with Crippen LogP contribution in [0.3, 0.4) is 0 Å². The molecule has 4 nitrogen and oxygen atoms in total. The molecule has 0 bridgehead atoms. The number of ketones is 1. The highest BCUT2D eigenvalue weighted by atomic mass is 35.5. The van der Waals surface area contributed by atoms with E-state index < -0.39 is 0 Å². The molecule has 0 saturated carbocycles. The lowest BCUT2D eigenvalue weighted by molar-refractivity contribution is -0.117. The minimum absolute atomic E-state index is 0.115. The zero-order valence-corrected chi connectivity index (χ0v) is 13.3. The molecule has 0 N–H and O–H groups in total. The Hall–Kier alpha value is -2.20. The molecule has 3 rings (SSSR count). The van der Waals surface area contributed by atoms with Crippen molar-refractivity contribution in [3.63, 3.8) is 0 Å². The number of benzene rings is 1. The molecule has 22 heavy (non-hydrogen) atoms. The highest BCUT2D eigenvalue weighted by Crippen LogP contribution is 2.32. The van der Waals surface area contributed by atoms with Crippen LogP contribution in [0.5, 0.6) is 0 Å². The lowest BCUT2D eigenvalue weighted by atomic mass is 10.0. The van der Waals surface area contributed by atoms with E-state index in [1.54, 1.807) is 13.1 Å². The fraction of sp³-hybridized carbons (Fsp3) is 0.235. The number of rotatable bonds is 4. The van der Waals surface area contributed by atoms with Crippen molar-refractivity contribution in [3.05, 3.63) is 47.5 Å². The third-order valence-corrected chi connectivity index (χ3v) is 3.83. The SMILES string of the molecule is CCc1cnc(Cl)nc1-c1cn(CC(C)=O)c2ccccc12. The third-order valence-electron chi connectivity index (χ3n) is 3.65. The molecule has 2 heterocycles. The van der Waals surface area contributed by atoms with Crippen molar-refractivity contribution >= 4 is 28.3 Å². The van der Waals surface area contributed by atoms with Crippen LogP contribution in [0.1, 0.15) is 19.4 Å². The molecule has 0 unspecified atom stereocenters. The van der Waals surface area contributed by atoms with Crippen LogP contribution in [0.25, 0.3) is 22.2 Å². The van der Waals surface area contributed by atoms with Gasteiger partial charge in [-0.15, -0.1) is 0 Å². The average Bonchev–Trinajstić information content (AvgIpc) is 2.85. The normalized spacial score (nSPS) is 11.0. The van der Waals surface area contributed by atoms with Crippen LogP contribution in [0.2, 0.25) is 5.28 Å². The fourth-order valence-corrected chi connectivity index (χ4v) is 2.82. The van der Waals surface area contributed by atoms with E-state index in [0.29, 0.717) is 6.54 Å². The predicted octanol–water partition coefficient (Wildman–Crippen LogP) is 3.90. The Labute approximate surface area is 133 Å². The maximum absolute atomic E-state index is 11.5. The number of aryl methyl sites for hydroxylation is 1. The van der Waals surface area contributed by atoms with Crippen molar-refractivity contribution < 1.29 is 4.79 Å². The zero-order chi connectivity index (χ0) is 15.7. The number of para-hydroxylation sites is 1. The summed E-state index contributed by atoms with van der Waals surface area (Å²) in [5, 5.41) is 1.30. The minimum Gasteiger partial charge on any atom is -0.339 e. The largest absolute Gasteiger partial charge is 0.339 e. The molecule has 112 valence electrons. The van der Waals surface area contributed by atoms with E-state index in [1.165, 1.54) is 0 Å². The van der Waals surface area contributed by atoms with Gasteiger partial charge in [0, 0.05) is 28.9 Å². The summed E-state index contributed by atoms with van der Waals surface area (Å²) in [7, 11) is 0. The first-order chi connectivity index (χ1) is 10.6. The first-order valence-corrected chi connectivity index (χ1v) is 7.57. The molecule has 0 atom stereocenters. The lowest BCUT2D eigenvalue weighted by Gasteiger charge is -2.05. The molecule has 0 radical (unpaired) electrons. The second kappa shape index (κ2) is 5.89. The van der Waals surface area contributed by atoms with Gasteiger partial charge in [-0.25, -0.2) is 9.97 Å². The molecule has 0 spiro atoms. The minimum atomic E-state index is 0.115. The van der Waals surface area contributed by atoms with Gasteiger partial charge in [-0.3, -0.25) is 4.79 Å². The topological polar surface area (TPSA) is 47.8 Å². The third kappa shape index (κ3) is 2.62. The maximum atomic E-state index is 11.5. The maximum Gasteiger partial charge on any atom is 0.222 e. The molecule has 0 amide bonds. The van der Waals surface area contributed by atoms with Gasteiger partial charge in [0.15, 0.2) is 0 Å². The highest BCUT2D eigenvalue weighted by molar-refractivity contribution is 6.28. The van der Waals surface area contributed by atoms with Gasteiger partial charge in [0.1, 0.15) is 5.78 Å². The number of fused-ring (bicyclic) bond motifs is 1. The van der Waals surface area contributed by atoms with Crippen molar-refractivity contribution in [2.75, 3.05) is 0 Å². The summed E-state index contributed by atoms with van der Waals surface area (Å²) in [6.07, 6.45) is 4.56. The number of carbonyl (C=O) groups excluding carboxylic acids is 1. The van der Waals surface area contributed by atoms with E-state index in [9.17, 15) is 4.79 Å². The Morgan fingerprint density at radius 2 is 2.09 bits per heavy atom. The van der Waals surface area contributed by atoms with Gasteiger partial charge >= 0.3 is 0 Å². The van der Waals surface area contributed by atoms with Gasteiger partial charge in [-0.1, -0.05) is 25.1 Å². The molecule has 0 aliphatic rings. The van der Waals surface area contributed by atoms with Crippen LogP contribution in [0, 0.1) is 0 Å². The van der Waals surface area contributed by atoms with Gasteiger partial charge in [-0.05, 0) is 36.6 Å². The predicted molar refractivity (Wildman–Crippen MR) is 88.0 cm³/mol. The first-order valence-electron chi connectivity index (χ1n) is 7.19. The standard InChI is InChI=1S/C17H16ClN3O/c1-3-12-8-19-17(18)20-16(12)14-10-21(9-11(2)22)15-7-5-4-6-13(14)15/h4-8,10H,3,9H2,1-2H3. The van der Waals surface area contributed by atoms with E-state index in [4.69, 9.17) is 11.6 Å². The average molecular weight is 314 g/mol. The molecule has 5 heteroatoms. The van der Waals surface area contributed by atoms with Crippen molar-refractivity contribution in [1.82, 2.24) is 14.5 Å². The van der Waals surface area contributed by atoms with Gasteiger partial charge in [0.05, 0.1) is 12.2 Å². The molecule has 2 aromatic heterocycles. The van der Waals surface area contributed by atoms with Crippen molar-refractivity contribution in [2.24, 2.45) is 0 Å². The summed E-state index contributed by atoms with van der Waals surface area (Å²) in [6, 6.07) is 8.00. The number of hydrogen-bond donors (Lipinski definition) is 0. The van der Waals surface area contributed by atoms with Crippen molar-refractivity contribution in [3.8, 4) is 11.3 Å². The van der Waals surface area contributed by atoms with Gasteiger partial charge in [0.25, 0.3) is 0 Å². The number of halogens is 1. The molecular formula is C17H16ClN3O. The molecule has 0 aliphatic heterocycles. The van der Waals surface area contributed by atoms with E-state index in [1.807, 2.05) is 35.0 Å². The molecule has 1 aromatic carbocycles. The summed E-state index contributed by atoms with van der Waals surface area (Å²) < 4.78 is 1.96. The first kappa shape index (κ1) is 14.7. The van der Waals surface area contributed by atoms with Crippen molar-refractivity contribution in [2.45, 2.75) is 26.8 Å². The summed E-state index contributed by atoms with van der Waals surface area (Å²) in [6.45, 7) is 4.00. The van der Waals surface area contributed by atoms with Crippen molar-refractivity contribution in [1.29, 1.82) is 0 Å². The molecule has 0 fully saturated rings. The molecule has 3 aromatic rings. The number of nitrogens with zero attached hydrogens (tertiary/aromatic N) is 3. The van der Waals surface area contributed by atoms with Crippen LogP contribution >= 0.6 is 11.6 Å². The van der Waals surface area contributed by atoms with Gasteiger partial charge < -0.3 is 4.57 Å². The zero-order valence-electron chi connectivity index (χ0n) is 12.5. The number of carbonyl (C=O) groups is 1. The Morgan fingerprint density at radius 3 is 2.82 bits per heavy atom.